The Balaban J connectivity index is 2.03. The maximum Gasteiger partial charge on any atom is 0.198 e. The molecule has 0 unspecified atom stereocenters. The number of rotatable bonds is 5. The molecule has 0 aliphatic heterocycles. The van der Waals surface area contributed by atoms with E-state index in [9.17, 15) is 0 Å². The molecule has 4 nitrogen and oxygen atoms in total. The van der Waals surface area contributed by atoms with Gasteiger partial charge >= 0.3 is 0 Å². The highest BCUT2D eigenvalue weighted by Gasteiger charge is 2.04. The smallest absolute Gasteiger partial charge is 0.198 e. The lowest BCUT2D eigenvalue weighted by molar-refractivity contribution is 0.298. The molecule has 1 N–H and O–H groups in total. The lowest BCUT2D eigenvalue weighted by Gasteiger charge is -2.00. The minimum Gasteiger partial charge on any atom is -0.497 e. The fraction of sp³-hybridized carbons (Fsp3) is 0.308. The van der Waals surface area contributed by atoms with E-state index in [2.05, 4.69) is 4.98 Å². The van der Waals surface area contributed by atoms with Gasteiger partial charge in [0.25, 0.3) is 0 Å². The number of ether oxygens (including phenoxy) is 1. The predicted molar refractivity (Wildman–Crippen MR) is 63.1 cm³/mol. The largest absolute Gasteiger partial charge is 0.497 e. The summed E-state index contributed by atoms with van der Waals surface area (Å²) in [6.45, 7) is 0.0918. The molecule has 0 amide bonds. The van der Waals surface area contributed by atoms with Crippen molar-refractivity contribution in [3.8, 4) is 5.75 Å². The van der Waals surface area contributed by atoms with Crippen LogP contribution in [0.15, 0.2) is 34.9 Å². The summed E-state index contributed by atoms with van der Waals surface area (Å²) in [5, 5.41) is 8.78. The molecule has 1 heterocycles. The van der Waals surface area contributed by atoms with E-state index in [-0.39, 0.29) is 6.61 Å². The molecule has 0 fully saturated rings. The Morgan fingerprint density at radius 3 is 2.71 bits per heavy atom. The molecule has 1 aromatic heterocycles. The van der Waals surface area contributed by atoms with Crippen molar-refractivity contribution in [2.75, 3.05) is 13.7 Å². The van der Waals surface area contributed by atoms with Gasteiger partial charge in [0.2, 0.25) is 0 Å². The van der Waals surface area contributed by atoms with Crippen LogP contribution in [0.2, 0.25) is 0 Å². The molecule has 0 saturated heterocycles. The van der Waals surface area contributed by atoms with Crippen molar-refractivity contribution in [3.05, 3.63) is 47.7 Å². The highest BCUT2D eigenvalue weighted by Crippen LogP contribution is 2.14. The third kappa shape index (κ3) is 3.07. The second-order valence-electron chi connectivity index (χ2n) is 3.73. The van der Waals surface area contributed by atoms with E-state index < -0.39 is 0 Å². The first kappa shape index (κ1) is 11.7. The Morgan fingerprint density at radius 2 is 2.06 bits per heavy atom. The summed E-state index contributed by atoms with van der Waals surface area (Å²) >= 11 is 0. The van der Waals surface area contributed by atoms with Gasteiger partial charge in [0.1, 0.15) is 12.0 Å². The lowest BCUT2D eigenvalue weighted by Crippen LogP contribution is -1.93. The third-order valence-electron chi connectivity index (χ3n) is 2.48. The van der Waals surface area contributed by atoms with E-state index in [0.29, 0.717) is 18.7 Å². The number of hydrogen-bond donors (Lipinski definition) is 1. The Hall–Kier alpha value is -1.81. The molecule has 0 saturated carbocycles. The summed E-state index contributed by atoms with van der Waals surface area (Å²) in [5.41, 5.74) is 1.90. The Morgan fingerprint density at radius 1 is 1.29 bits per heavy atom. The minimum absolute atomic E-state index is 0.0918. The van der Waals surface area contributed by atoms with Crippen molar-refractivity contribution in [2.45, 2.75) is 12.8 Å². The first-order valence-electron chi connectivity index (χ1n) is 5.49. The maximum absolute atomic E-state index is 8.78. The van der Waals surface area contributed by atoms with Gasteiger partial charge in [0, 0.05) is 19.4 Å². The first-order chi connectivity index (χ1) is 8.31. The van der Waals surface area contributed by atoms with Crippen LogP contribution < -0.4 is 4.74 Å². The van der Waals surface area contributed by atoms with Gasteiger partial charge in [-0.2, -0.15) is 0 Å². The summed E-state index contributed by atoms with van der Waals surface area (Å²) in [4.78, 5) is 4.28. The molecule has 2 aromatic rings. The zero-order valence-electron chi connectivity index (χ0n) is 9.72. The third-order valence-corrected chi connectivity index (χ3v) is 2.48. The molecule has 2 rings (SSSR count). The highest BCUT2D eigenvalue weighted by molar-refractivity contribution is 5.28. The molecule has 0 spiro atoms. The van der Waals surface area contributed by atoms with Crippen molar-refractivity contribution in [1.29, 1.82) is 0 Å². The molecular formula is C13H15NO3. The topological polar surface area (TPSA) is 55.5 Å². The van der Waals surface area contributed by atoms with Crippen LogP contribution in [0.4, 0.5) is 0 Å². The fourth-order valence-corrected chi connectivity index (χ4v) is 1.58. The van der Waals surface area contributed by atoms with E-state index in [1.54, 1.807) is 13.4 Å². The molecule has 0 atom stereocenters. The van der Waals surface area contributed by atoms with Gasteiger partial charge < -0.3 is 14.3 Å². The molecular weight excluding hydrogens is 218 g/mol. The Labute approximate surface area is 99.9 Å². The maximum atomic E-state index is 8.78. The van der Waals surface area contributed by atoms with Crippen LogP contribution in [0.5, 0.6) is 5.75 Å². The summed E-state index contributed by atoms with van der Waals surface area (Å²) in [6, 6.07) is 7.78. The standard InChI is InChI=1S/C13H15NO3/c1-16-12-4-2-10(3-5-12)8-13-14-11(6-7-15)9-17-13/h2-5,9,15H,6-8H2,1H3. The Bertz CT molecular complexity index is 462. The second kappa shape index (κ2) is 5.50. The zero-order chi connectivity index (χ0) is 12.1. The van der Waals surface area contributed by atoms with Crippen molar-refractivity contribution >= 4 is 0 Å². The number of methoxy groups -OCH3 is 1. The van der Waals surface area contributed by atoms with Gasteiger partial charge in [0.05, 0.1) is 12.8 Å². The van der Waals surface area contributed by atoms with Crippen molar-refractivity contribution in [3.63, 3.8) is 0 Å². The monoisotopic (exact) mass is 233 g/mol. The number of aliphatic hydroxyl groups is 1. The van der Waals surface area contributed by atoms with Crippen molar-refractivity contribution < 1.29 is 14.3 Å². The molecule has 1 aromatic carbocycles. The zero-order valence-corrected chi connectivity index (χ0v) is 9.72. The number of hydrogen-bond acceptors (Lipinski definition) is 4. The highest BCUT2D eigenvalue weighted by atomic mass is 16.5. The molecule has 0 radical (unpaired) electrons. The quantitative estimate of drug-likeness (QED) is 0.855. The average Bonchev–Trinajstić information content (AvgIpc) is 2.78. The van der Waals surface area contributed by atoms with Crippen LogP contribution >= 0.6 is 0 Å². The van der Waals surface area contributed by atoms with Gasteiger partial charge in [-0.1, -0.05) is 12.1 Å². The van der Waals surface area contributed by atoms with E-state index in [4.69, 9.17) is 14.3 Å². The normalized spacial score (nSPS) is 10.5. The SMILES string of the molecule is COc1ccc(Cc2nc(CCO)co2)cc1. The fourth-order valence-electron chi connectivity index (χ4n) is 1.58. The minimum atomic E-state index is 0.0918. The van der Waals surface area contributed by atoms with E-state index in [0.717, 1.165) is 17.0 Å². The van der Waals surface area contributed by atoms with Crippen molar-refractivity contribution in [1.82, 2.24) is 4.98 Å². The van der Waals surface area contributed by atoms with Gasteiger partial charge in [-0.05, 0) is 17.7 Å². The van der Waals surface area contributed by atoms with Crippen LogP contribution in [0.3, 0.4) is 0 Å². The second-order valence-corrected chi connectivity index (χ2v) is 3.73. The van der Waals surface area contributed by atoms with Crippen LogP contribution in [0.1, 0.15) is 17.1 Å². The summed E-state index contributed by atoms with van der Waals surface area (Å²) in [7, 11) is 1.64. The van der Waals surface area contributed by atoms with Gasteiger partial charge in [-0.3, -0.25) is 0 Å². The van der Waals surface area contributed by atoms with Gasteiger partial charge in [0.15, 0.2) is 5.89 Å². The summed E-state index contributed by atoms with van der Waals surface area (Å²) in [5.74, 6) is 1.50. The number of aliphatic hydroxyl groups excluding tert-OH is 1. The molecule has 0 aliphatic carbocycles. The van der Waals surface area contributed by atoms with Crippen molar-refractivity contribution in [2.24, 2.45) is 0 Å². The first-order valence-corrected chi connectivity index (χ1v) is 5.49. The molecule has 90 valence electrons. The molecule has 17 heavy (non-hydrogen) atoms. The van der Waals surface area contributed by atoms with Crippen LogP contribution in [0.25, 0.3) is 0 Å². The summed E-state index contributed by atoms with van der Waals surface area (Å²) < 4.78 is 10.4. The van der Waals surface area contributed by atoms with E-state index in [1.807, 2.05) is 24.3 Å². The van der Waals surface area contributed by atoms with Gasteiger partial charge in [-0.25, -0.2) is 4.98 Å². The number of aromatic nitrogens is 1. The van der Waals surface area contributed by atoms with Crippen LogP contribution in [0, 0.1) is 0 Å². The van der Waals surface area contributed by atoms with Crippen LogP contribution in [-0.4, -0.2) is 23.8 Å². The lowest BCUT2D eigenvalue weighted by atomic mass is 10.1. The number of benzene rings is 1. The summed E-state index contributed by atoms with van der Waals surface area (Å²) in [6.07, 6.45) is 2.77. The molecule has 0 aliphatic rings. The van der Waals surface area contributed by atoms with E-state index in [1.165, 1.54) is 0 Å². The predicted octanol–water partition coefficient (Wildman–Crippen LogP) is 1.81. The average molecular weight is 233 g/mol. The Kier molecular flexibility index (Phi) is 3.77. The molecule has 0 bridgehead atoms. The van der Waals surface area contributed by atoms with Crippen LogP contribution in [-0.2, 0) is 12.8 Å². The molecule has 4 heteroatoms. The number of oxazole rings is 1. The van der Waals surface area contributed by atoms with Gasteiger partial charge in [-0.15, -0.1) is 0 Å². The number of nitrogens with zero attached hydrogens (tertiary/aromatic N) is 1. The van der Waals surface area contributed by atoms with E-state index >= 15 is 0 Å².